The summed E-state index contributed by atoms with van der Waals surface area (Å²) in [7, 11) is -3.19. The Bertz CT molecular complexity index is 759. The van der Waals surface area contributed by atoms with E-state index in [1.165, 1.54) is 16.6 Å². The molecule has 0 spiro atoms. The first-order chi connectivity index (χ1) is 9.95. The molecule has 1 aliphatic rings. The predicted molar refractivity (Wildman–Crippen MR) is 77.2 cm³/mol. The van der Waals surface area contributed by atoms with Crippen LogP contribution < -0.4 is 4.90 Å². The summed E-state index contributed by atoms with van der Waals surface area (Å²) in [5.74, 6) is -0.421. The SMILES string of the molecule is CS(=O)(=O)N1CCCN(c2nc3c(F)cccc3o2)CC1. The van der Waals surface area contributed by atoms with Gasteiger partial charge in [0.15, 0.2) is 11.4 Å². The second-order valence-corrected chi connectivity index (χ2v) is 7.07. The van der Waals surface area contributed by atoms with Crippen molar-refractivity contribution in [2.24, 2.45) is 0 Å². The van der Waals surface area contributed by atoms with Gasteiger partial charge in [-0.25, -0.2) is 17.1 Å². The fourth-order valence-corrected chi connectivity index (χ4v) is 3.33. The highest BCUT2D eigenvalue weighted by Crippen LogP contribution is 2.24. The standard InChI is InChI=1S/C13H16FN3O3S/c1-21(18,19)17-7-3-6-16(8-9-17)13-15-12-10(14)4-2-5-11(12)20-13/h2,4-5H,3,6-9H2,1H3. The monoisotopic (exact) mass is 313 g/mol. The zero-order valence-electron chi connectivity index (χ0n) is 11.6. The summed E-state index contributed by atoms with van der Waals surface area (Å²) in [4.78, 5) is 6.03. The summed E-state index contributed by atoms with van der Waals surface area (Å²) < 4.78 is 43.8. The molecule has 3 rings (SSSR count). The minimum Gasteiger partial charge on any atom is -0.423 e. The molecular formula is C13H16FN3O3S. The first-order valence-electron chi connectivity index (χ1n) is 6.70. The highest BCUT2D eigenvalue weighted by atomic mass is 32.2. The highest BCUT2D eigenvalue weighted by molar-refractivity contribution is 7.88. The molecule has 0 atom stereocenters. The Balaban J connectivity index is 1.84. The van der Waals surface area contributed by atoms with Crippen LogP contribution in [-0.4, -0.2) is 50.1 Å². The van der Waals surface area contributed by atoms with Crippen molar-refractivity contribution in [1.29, 1.82) is 0 Å². The normalized spacial score (nSPS) is 18.1. The van der Waals surface area contributed by atoms with Crippen LogP contribution in [0.15, 0.2) is 22.6 Å². The van der Waals surface area contributed by atoms with Crippen molar-refractivity contribution >= 4 is 27.1 Å². The Kier molecular flexibility index (Phi) is 3.58. The van der Waals surface area contributed by atoms with Crippen LogP contribution in [-0.2, 0) is 10.0 Å². The van der Waals surface area contributed by atoms with Crippen molar-refractivity contribution in [2.75, 3.05) is 37.3 Å². The molecule has 1 aromatic carbocycles. The molecule has 1 aromatic heterocycles. The maximum absolute atomic E-state index is 13.6. The fraction of sp³-hybridized carbons (Fsp3) is 0.462. The van der Waals surface area contributed by atoms with E-state index in [4.69, 9.17) is 4.42 Å². The summed E-state index contributed by atoms with van der Waals surface area (Å²) in [5, 5.41) is 0. The topological polar surface area (TPSA) is 66.7 Å². The Labute approximate surface area is 122 Å². The Morgan fingerprint density at radius 2 is 2.05 bits per heavy atom. The summed E-state index contributed by atoms with van der Waals surface area (Å²) in [5.41, 5.74) is 0.603. The van der Waals surface area contributed by atoms with Gasteiger partial charge in [-0.3, -0.25) is 0 Å². The molecule has 1 aliphatic heterocycles. The predicted octanol–water partition coefficient (Wildman–Crippen LogP) is 1.44. The van der Waals surface area contributed by atoms with E-state index in [2.05, 4.69) is 4.98 Å². The van der Waals surface area contributed by atoms with Crippen LogP contribution in [0.3, 0.4) is 0 Å². The molecule has 21 heavy (non-hydrogen) atoms. The van der Waals surface area contributed by atoms with Crippen LogP contribution in [0, 0.1) is 5.82 Å². The first-order valence-corrected chi connectivity index (χ1v) is 8.55. The van der Waals surface area contributed by atoms with Gasteiger partial charge in [-0.15, -0.1) is 0 Å². The number of sulfonamides is 1. The number of rotatable bonds is 2. The Hall–Kier alpha value is -1.67. The van der Waals surface area contributed by atoms with Gasteiger partial charge in [0, 0.05) is 26.2 Å². The largest absolute Gasteiger partial charge is 0.423 e. The molecule has 0 unspecified atom stereocenters. The number of hydrogen-bond donors (Lipinski definition) is 0. The maximum atomic E-state index is 13.6. The second kappa shape index (κ2) is 5.27. The van der Waals surface area contributed by atoms with Crippen molar-refractivity contribution in [3.05, 3.63) is 24.0 Å². The molecule has 0 N–H and O–H groups in total. The van der Waals surface area contributed by atoms with Gasteiger partial charge in [-0.1, -0.05) is 6.07 Å². The van der Waals surface area contributed by atoms with Crippen molar-refractivity contribution in [2.45, 2.75) is 6.42 Å². The maximum Gasteiger partial charge on any atom is 0.298 e. The zero-order valence-corrected chi connectivity index (χ0v) is 12.4. The van der Waals surface area contributed by atoms with E-state index >= 15 is 0 Å². The van der Waals surface area contributed by atoms with E-state index in [-0.39, 0.29) is 5.52 Å². The second-order valence-electron chi connectivity index (χ2n) is 5.09. The fourth-order valence-electron chi connectivity index (χ4n) is 2.46. The Morgan fingerprint density at radius 3 is 2.76 bits per heavy atom. The summed E-state index contributed by atoms with van der Waals surface area (Å²) in [6.07, 6.45) is 1.88. The quantitative estimate of drug-likeness (QED) is 0.839. The lowest BCUT2D eigenvalue weighted by Crippen LogP contribution is -2.34. The molecule has 0 amide bonds. The third-order valence-corrected chi connectivity index (χ3v) is 4.86. The van der Waals surface area contributed by atoms with Gasteiger partial charge >= 0.3 is 0 Å². The van der Waals surface area contributed by atoms with Gasteiger partial charge in [0.1, 0.15) is 5.52 Å². The molecule has 0 saturated carbocycles. The lowest BCUT2D eigenvalue weighted by molar-refractivity contribution is 0.437. The van der Waals surface area contributed by atoms with Crippen molar-refractivity contribution in [3.63, 3.8) is 0 Å². The molecule has 114 valence electrons. The first kappa shape index (κ1) is 14.3. The third-order valence-electron chi connectivity index (χ3n) is 3.55. The molecule has 2 heterocycles. The smallest absolute Gasteiger partial charge is 0.298 e. The highest BCUT2D eigenvalue weighted by Gasteiger charge is 2.24. The number of para-hydroxylation sites is 1. The van der Waals surface area contributed by atoms with E-state index in [0.29, 0.717) is 44.2 Å². The Morgan fingerprint density at radius 1 is 1.24 bits per heavy atom. The molecule has 2 aromatic rings. The van der Waals surface area contributed by atoms with Crippen LogP contribution in [0.5, 0.6) is 0 Å². The number of nitrogens with zero attached hydrogens (tertiary/aromatic N) is 3. The minimum atomic E-state index is -3.19. The number of oxazole rings is 1. The molecular weight excluding hydrogens is 297 g/mol. The van der Waals surface area contributed by atoms with Crippen molar-refractivity contribution < 1.29 is 17.2 Å². The van der Waals surface area contributed by atoms with Crippen LogP contribution in [0.2, 0.25) is 0 Å². The molecule has 6 nitrogen and oxygen atoms in total. The van der Waals surface area contributed by atoms with Gasteiger partial charge in [-0.05, 0) is 18.6 Å². The van der Waals surface area contributed by atoms with E-state index in [9.17, 15) is 12.8 Å². The lowest BCUT2D eigenvalue weighted by atomic mass is 10.3. The molecule has 8 heteroatoms. The van der Waals surface area contributed by atoms with Gasteiger partial charge < -0.3 is 9.32 Å². The summed E-state index contributed by atoms with van der Waals surface area (Å²) in [6.45, 7) is 1.95. The van der Waals surface area contributed by atoms with E-state index < -0.39 is 15.8 Å². The number of halogens is 1. The molecule has 0 bridgehead atoms. The molecule has 1 fully saturated rings. The molecule has 0 aliphatic carbocycles. The van der Waals surface area contributed by atoms with Crippen molar-refractivity contribution in [3.8, 4) is 0 Å². The average molecular weight is 313 g/mol. The number of fused-ring (bicyclic) bond motifs is 1. The number of benzene rings is 1. The van der Waals surface area contributed by atoms with E-state index in [1.807, 2.05) is 4.90 Å². The zero-order chi connectivity index (χ0) is 15.0. The van der Waals surface area contributed by atoms with Gasteiger partial charge in [-0.2, -0.15) is 4.98 Å². The number of hydrogen-bond acceptors (Lipinski definition) is 5. The average Bonchev–Trinajstić information content (AvgIpc) is 2.68. The summed E-state index contributed by atoms with van der Waals surface area (Å²) >= 11 is 0. The van der Waals surface area contributed by atoms with Crippen LogP contribution in [0.1, 0.15) is 6.42 Å². The minimum absolute atomic E-state index is 0.205. The van der Waals surface area contributed by atoms with Crippen LogP contribution >= 0.6 is 0 Å². The number of anilines is 1. The number of aromatic nitrogens is 1. The van der Waals surface area contributed by atoms with Crippen LogP contribution in [0.25, 0.3) is 11.1 Å². The van der Waals surface area contributed by atoms with Gasteiger partial charge in [0.25, 0.3) is 6.01 Å². The molecule has 1 saturated heterocycles. The van der Waals surface area contributed by atoms with E-state index in [0.717, 1.165) is 0 Å². The van der Waals surface area contributed by atoms with Crippen molar-refractivity contribution in [1.82, 2.24) is 9.29 Å². The molecule has 0 radical (unpaired) electrons. The lowest BCUT2D eigenvalue weighted by Gasteiger charge is -2.18. The van der Waals surface area contributed by atoms with Gasteiger partial charge in [0.05, 0.1) is 6.26 Å². The van der Waals surface area contributed by atoms with Crippen LogP contribution in [0.4, 0.5) is 10.4 Å². The third kappa shape index (κ3) is 2.86. The van der Waals surface area contributed by atoms with Gasteiger partial charge in [0.2, 0.25) is 10.0 Å². The summed E-state index contributed by atoms with van der Waals surface area (Å²) in [6, 6.07) is 4.91. The van der Waals surface area contributed by atoms with E-state index in [1.54, 1.807) is 12.1 Å².